The van der Waals surface area contributed by atoms with Crippen molar-refractivity contribution in [2.45, 2.75) is 45.6 Å². The fraction of sp³-hybridized carbons (Fsp3) is 0.500. The van der Waals surface area contributed by atoms with Crippen LogP contribution in [0, 0.1) is 45.3 Å². The number of benzene rings is 1. The van der Waals surface area contributed by atoms with Gasteiger partial charge in [0.2, 0.25) is 0 Å². The predicted molar refractivity (Wildman–Crippen MR) is 125 cm³/mol. The molecule has 3 rings (SSSR count). The molecule has 0 saturated carbocycles. The number of hydrogen-bond acceptors (Lipinski definition) is 7. The number of nitrogens with zero attached hydrogens (tertiary/aromatic N) is 4. The van der Waals surface area contributed by atoms with Crippen molar-refractivity contribution in [3.63, 3.8) is 0 Å². The highest BCUT2D eigenvalue weighted by Gasteiger charge is 2.54. The Bertz CT molecular complexity index is 1070. The van der Waals surface area contributed by atoms with Crippen LogP contribution in [-0.2, 0) is 0 Å². The van der Waals surface area contributed by atoms with Gasteiger partial charge in [0.25, 0.3) is 0 Å². The van der Waals surface area contributed by atoms with Gasteiger partial charge in [-0.1, -0.05) is 25.5 Å². The monoisotopic (exact) mass is 445 g/mol. The summed E-state index contributed by atoms with van der Waals surface area (Å²) < 4.78 is 11.5. The number of hydrogen-bond donors (Lipinski definition) is 1. The molecule has 2 N–H and O–H groups in total. The van der Waals surface area contributed by atoms with E-state index in [1.54, 1.807) is 7.11 Å². The molecule has 0 spiro atoms. The van der Waals surface area contributed by atoms with Crippen molar-refractivity contribution in [2.75, 3.05) is 26.8 Å². The third kappa shape index (κ3) is 4.15. The summed E-state index contributed by atoms with van der Waals surface area (Å²) in [5.41, 5.74) is 6.61. The highest BCUT2D eigenvalue weighted by atomic mass is 16.5. The summed E-state index contributed by atoms with van der Waals surface area (Å²) in [5.74, 6) is 0.369. The summed E-state index contributed by atoms with van der Waals surface area (Å²) in [7, 11) is 1.57. The van der Waals surface area contributed by atoms with Gasteiger partial charge in [-0.05, 0) is 43.5 Å². The highest BCUT2D eigenvalue weighted by Crippen LogP contribution is 2.55. The third-order valence-corrected chi connectivity index (χ3v) is 6.73. The van der Waals surface area contributed by atoms with Crippen LogP contribution in [0.25, 0.3) is 0 Å². The van der Waals surface area contributed by atoms with Gasteiger partial charge in [0.15, 0.2) is 16.9 Å². The van der Waals surface area contributed by atoms with Crippen molar-refractivity contribution in [3.05, 3.63) is 46.7 Å². The van der Waals surface area contributed by atoms with E-state index >= 15 is 0 Å². The third-order valence-electron chi connectivity index (χ3n) is 6.73. The van der Waals surface area contributed by atoms with E-state index < -0.39 is 11.3 Å². The van der Waals surface area contributed by atoms with Crippen molar-refractivity contribution >= 4 is 0 Å². The van der Waals surface area contributed by atoms with E-state index in [0.29, 0.717) is 31.2 Å². The minimum Gasteiger partial charge on any atom is -0.493 e. The lowest BCUT2D eigenvalue weighted by Crippen LogP contribution is -2.49. The number of unbranched alkanes of at least 4 members (excludes halogenated alkanes) is 1. The minimum absolute atomic E-state index is 0.0303. The van der Waals surface area contributed by atoms with E-state index in [4.69, 9.17) is 15.2 Å². The second kappa shape index (κ2) is 9.99. The molecule has 172 valence electrons. The summed E-state index contributed by atoms with van der Waals surface area (Å²) in [6.45, 7) is 8.21. The largest absolute Gasteiger partial charge is 0.493 e. The molecular formula is C26H31N5O2. The number of nitrogens with two attached hydrogens (primary N) is 1. The van der Waals surface area contributed by atoms with Gasteiger partial charge in [-0.3, -0.25) is 4.90 Å². The summed E-state index contributed by atoms with van der Waals surface area (Å²) in [6, 6.07) is 12.4. The van der Waals surface area contributed by atoms with Gasteiger partial charge in [0.05, 0.1) is 37.1 Å². The molecule has 1 aromatic carbocycles. The molecule has 0 bridgehead atoms. The van der Waals surface area contributed by atoms with Crippen molar-refractivity contribution in [1.82, 2.24) is 4.90 Å². The van der Waals surface area contributed by atoms with Crippen LogP contribution >= 0.6 is 0 Å². The maximum atomic E-state index is 10.3. The highest BCUT2D eigenvalue weighted by molar-refractivity contribution is 5.60. The maximum absolute atomic E-state index is 10.3. The Balaban J connectivity index is 2.19. The van der Waals surface area contributed by atoms with Gasteiger partial charge in [0, 0.05) is 31.0 Å². The average Bonchev–Trinajstić information content (AvgIpc) is 2.83. The van der Waals surface area contributed by atoms with Crippen molar-refractivity contribution in [3.8, 4) is 29.7 Å². The molecule has 2 atom stereocenters. The number of fused-ring (bicyclic) bond motifs is 1. The normalized spacial score (nSPS) is 21.9. The van der Waals surface area contributed by atoms with Crippen LogP contribution in [0.1, 0.15) is 45.1 Å². The van der Waals surface area contributed by atoms with E-state index in [0.717, 1.165) is 24.0 Å². The van der Waals surface area contributed by atoms with Gasteiger partial charge in [-0.25, -0.2) is 0 Å². The van der Waals surface area contributed by atoms with Crippen LogP contribution in [0.4, 0.5) is 0 Å². The number of nitriles is 3. The van der Waals surface area contributed by atoms with Crippen molar-refractivity contribution in [2.24, 2.45) is 17.1 Å². The molecule has 1 aliphatic carbocycles. The molecule has 33 heavy (non-hydrogen) atoms. The lowest BCUT2D eigenvalue weighted by atomic mass is 9.58. The molecular weight excluding hydrogens is 414 g/mol. The molecule has 1 heterocycles. The van der Waals surface area contributed by atoms with Gasteiger partial charge >= 0.3 is 0 Å². The quantitative estimate of drug-likeness (QED) is 0.630. The molecule has 0 aromatic heterocycles. The smallest absolute Gasteiger partial charge is 0.191 e. The molecule has 1 aliphatic heterocycles. The van der Waals surface area contributed by atoms with Crippen molar-refractivity contribution in [1.29, 1.82) is 15.8 Å². The van der Waals surface area contributed by atoms with Gasteiger partial charge in [0.1, 0.15) is 6.07 Å². The van der Waals surface area contributed by atoms with Crippen molar-refractivity contribution < 1.29 is 9.47 Å². The molecule has 2 aliphatic rings. The zero-order valence-corrected chi connectivity index (χ0v) is 19.8. The Hall–Kier alpha value is -3.47. The molecule has 0 radical (unpaired) electrons. The first-order valence-corrected chi connectivity index (χ1v) is 11.4. The van der Waals surface area contributed by atoms with Gasteiger partial charge in [-0.15, -0.1) is 0 Å². The van der Waals surface area contributed by atoms with Gasteiger partial charge in [-0.2, -0.15) is 15.8 Å². The summed E-state index contributed by atoms with van der Waals surface area (Å²) >= 11 is 0. The zero-order chi connectivity index (χ0) is 24.2. The second-order valence-electron chi connectivity index (χ2n) is 8.84. The first-order valence-electron chi connectivity index (χ1n) is 11.4. The molecule has 7 nitrogen and oxygen atoms in total. The Morgan fingerprint density at radius 2 is 1.94 bits per heavy atom. The van der Waals surface area contributed by atoms with Crippen LogP contribution in [0.2, 0.25) is 0 Å². The maximum Gasteiger partial charge on any atom is 0.191 e. The lowest BCUT2D eigenvalue weighted by molar-refractivity contribution is 0.174. The Morgan fingerprint density at radius 3 is 2.52 bits per heavy atom. The van der Waals surface area contributed by atoms with E-state index in [-0.39, 0.29) is 23.2 Å². The average molecular weight is 446 g/mol. The number of methoxy groups -OCH3 is 1. The standard InChI is InChI=1S/C26H31N5O2/c1-5-6-11-33-22-8-7-18(12-23(22)32-4)24-21-14-31(17(2)3)10-9-19(21)20(13-27)25(30)26(24,15-28)16-29/h7-9,12,17,21,24H,5-6,10-11,14,30H2,1-4H3/t21-,24+/m1/s1. The van der Waals surface area contributed by atoms with Crippen LogP contribution < -0.4 is 15.2 Å². The number of allylic oxidation sites excluding steroid dienone is 2. The fourth-order valence-corrected chi connectivity index (χ4v) is 4.82. The first kappa shape index (κ1) is 24.2. The minimum atomic E-state index is -1.66. The molecule has 1 aromatic rings. The number of rotatable bonds is 7. The molecule has 0 unspecified atom stereocenters. The second-order valence-corrected chi connectivity index (χ2v) is 8.84. The SMILES string of the molecule is CCCCOc1ccc([C@H]2[C@@H]3CN(C(C)C)CC=C3C(C#N)=C(N)C2(C#N)C#N)cc1OC. The Labute approximate surface area is 196 Å². The Kier molecular flexibility index (Phi) is 7.32. The van der Waals surface area contributed by atoms with Crippen LogP contribution in [0.3, 0.4) is 0 Å². The Morgan fingerprint density at radius 1 is 1.21 bits per heavy atom. The van der Waals surface area contributed by atoms with Crippen LogP contribution in [-0.4, -0.2) is 37.7 Å². The first-order chi connectivity index (χ1) is 15.9. The number of ether oxygens (including phenoxy) is 2. The summed E-state index contributed by atoms with van der Waals surface area (Å²) in [5, 5.41) is 30.4. The van der Waals surface area contributed by atoms with E-state index in [1.807, 2.05) is 24.3 Å². The topological polar surface area (TPSA) is 119 Å². The van der Waals surface area contributed by atoms with E-state index in [2.05, 4.69) is 43.9 Å². The lowest BCUT2D eigenvalue weighted by Gasteiger charge is -2.46. The van der Waals surface area contributed by atoms with E-state index in [1.165, 1.54) is 0 Å². The molecule has 0 saturated heterocycles. The summed E-state index contributed by atoms with van der Waals surface area (Å²) in [6.07, 6.45) is 3.97. The fourth-order valence-electron chi connectivity index (χ4n) is 4.82. The molecule has 0 fully saturated rings. The zero-order valence-electron chi connectivity index (χ0n) is 19.8. The van der Waals surface area contributed by atoms with Crippen LogP contribution in [0.15, 0.2) is 41.1 Å². The van der Waals surface area contributed by atoms with Crippen LogP contribution in [0.5, 0.6) is 11.5 Å². The van der Waals surface area contributed by atoms with E-state index in [9.17, 15) is 15.8 Å². The summed E-state index contributed by atoms with van der Waals surface area (Å²) in [4.78, 5) is 2.27. The molecule has 7 heteroatoms. The molecule has 0 amide bonds. The van der Waals surface area contributed by atoms with Gasteiger partial charge < -0.3 is 15.2 Å². The predicted octanol–water partition coefficient (Wildman–Crippen LogP) is 4.01.